The van der Waals surface area contributed by atoms with E-state index in [1.807, 2.05) is 0 Å². The molecule has 2 aliphatic carbocycles. The summed E-state index contributed by atoms with van der Waals surface area (Å²) < 4.78 is 9.13. The molecule has 0 aromatic carbocycles. The minimum Gasteiger partial charge on any atom is -0.630 e. The van der Waals surface area contributed by atoms with Crippen molar-refractivity contribution in [2.75, 3.05) is 0 Å². The minimum absolute atomic E-state index is 1.07. The highest BCUT2D eigenvalue weighted by Crippen LogP contribution is 2.19. The molecule has 0 atom stereocenters. The van der Waals surface area contributed by atoms with Gasteiger partial charge in [-0.3, -0.25) is 0 Å². The van der Waals surface area contributed by atoms with Gasteiger partial charge in [-0.1, -0.05) is 56.9 Å². The molecule has 0 heterocycles. The van der Waals surface area contributed by atoms with Crippen molar-refractivity contribution in [2.45, 2.75) is 18.6 Å². The summed E-state index contributed by atoms with van der Waals surface area (Å²) in [7, 11) is 0. The molecule has 1 radical (unpaired) electrons. The number of rotatable bonds is 4. The average molecular weight is 229 g/mol. The second kappa shape index (κ2) is 5.35. The fourth-order valence-corrected chi connectivity index (χ4v) is 6.83. The van der Waals surface area contributed by atoms with Crippen molar-refractivity contribution in [2.24, 2.45) is 0 Å². The van der Waals surface area contributed by atoms with Crippen molar-refractivity contribution in [1.82, 2.24) is 0 Å². The fourth-order valence-electron chi connectivity index (χ4n) is 1.89. The van der Waals surface area contributed by atoms with E-state index in [4.69, 9.17) is 2.84 Å². The SMILES string of the molecule is [CH2][Al]([O][Al]([CH3])[C]1=CC=CC1)[C]1=CC=CC1. The maximum Gasteiger partial charge on any atom is 0.466 e. The van der Waals surface area contributed by atoms with Crippen molar-refractivity contribution in [3.05, 3.63) is 51.1 Å². The van der Waals surface area contributed by atoms with E-state index in [2.05, 4.69) is 48.0 Å². The van der Waals surface area contributed by atoms with Crippen LogP contribution in [0.5, 0.6) is 0 Å². The molecule has 2 rings (SSSR count). The van der Waals surface area contributed by atoms with E-state index in [1.165, 1.54) is 8.87 Å². The van der Waals surface area contributed by atoms with E-state index < -0.39 is 29.0 Å². The molecule has 2 aliphatic rings. The van der Waals surface area contributed by atoms with E-state index >= 15 is 0 Å². The Labute approximate surface area is 101 Å². The number of allylic oxidation sites excluding steroid dienone is 8. The van der Waals surface area contributed by atoms with Crippen LogP contribution in [0, 0.1) is 5.79 Å². The van der Waals surface area contributed by atoms with Crippen LogP contribution in [-0.4, -0.2) is 29.0 Å². The maximum atomic E-state index is 6.17. The molecule has 0 N–H and O–H groups in total. The number of hydrogen-bond acceptors (Lipinski definition) is 1. The Morgan fingerprint density at radius 2 is 1.73 bits per heavy atom. The highest BCUT2D eigenvalue weighted by molar-refractivity contribution is 6.74. The van der Waals surface area contributed by atoms with Gasteiger partial charge >= 0.3 is 29.0 Å². The molecule has 0 unspecified atom stereocenters. The van der Waals surface area contributed by atoms with Gasteiger partial charge in [0.05, 0.1) is 0 Å². The van der Waals surface area contributed by atoms with Crippen LogP contribution in [0.4, 0.5) is 0 Å². The Balaban J connectivity index is 1.86. The third-order valence-electron chi connectivity index (χ3n) is 2.90. The lowest BCUT2D eigenvalue weighted by Gasteiger charge is -2.16. The van der Waals surface area contributed by atoms with E-state index in [-0.39, 0.29) is 0 Å². The Morgan fingerprint density at radius 1 is 1.13 bits per heavy atom. The molecule has 0 aliphatic heterocycles. The molecule has 15 heavy (non-hydrogen) atoms. The van der Waals surface area contributed by atoms with Crippen LogP contribution in [-0.2, 0) is 2.84 Å². The lowest BCUT2D eigenvalue weighted by molar-refractivity contribution is 0.613. The highest BCUT2D eigenvalue weighted by atomic mass is 27.3. The summed E-state index contributed by atoms with van der Waals surface area (Å²) in [6, 6.07) is 0. The van der Waals surface area contributed by atoms with Gasteiger partial charge in [-0.15, -0.1) is 0 Å². The summed E-state index contributed by atoms with van der Waals surface area (Å²) in [6.45, 7) is 0. The highest BCUT2D eigenvalue weighted by Gasteiger charge is 2.27. The van der Waals surface area contributed by atoms with Crippen molar-refractivity contribution < 1.29 is 2.84 Å². The van der Waals surface area contributed by atoms with Gasteiger partial charge < -0.3 is 2.84 Å². The van der Waals surface area contributed by atoms with Gasteiger partial charge in [-0.05, 0) is 12.8 Å². The van der Waals surface area contributed by atoms with Crippen LogP contribution in [0.3, 0.4) is 0 Å². The molecule has 0 amide bonds. The van der Waals surface area contributed by atoms with Gasteiger partial charge in [0.15, 0.2) is 0 Å². The molecule has 3 heteroatoms. The standard InChI is InChI=1S/2C5H5.CH3.CH2.2Al.O/c2*1-2-4-5-3-1;;;;;/h2*1-3H,4H2;1H3;1H2;;;. The van der Waals surface area contributed by atoms with Gasteiger partial charge in [0.1, 0.15) is 0 Å². The van der Waals surface area contributed by atoms with Gasteiger partial charge in [-0.25, -0.2) is 0 Å². The van der Waals surface area contributed by atoms with E-state index in [0.717, 1.165) is 12.8 Å². The zero-order chi connectivity index (χ0) is 10.7. The van der Waals surface area contributed by atoms with E-state index in [0.29, 0.717) is 0 Å². The van der Waals surface area contributed by atoms with Crippen molar-refractivity contribution in [1.29, 1.82) is 0 Å². The smallest absolute Gasteiger partial charge is 0.466 e. The van der Waals surface area contributed by atoms with E-state index in [9.17, 15) is 0 Å². The van der Waals surface area contributed by atoms with Gasteiger partial charge in [-0.2, -0.15) is 0 Å². The third-order valence-corrected chi connectivity index (χ3v) is 8.58. The van der Waals surface area contributed by atoms with Gasteiger partial charge in [0.25, 0.3) is 0 Å². The van der Waals surface area contributed by atoms with Crippen LogP contribution < -0.4 is 0 Å². The first-order valence-electron chi connectivity index (χ1n) is 5.47. The first-order chi connectivity index (χ1) is 7.27. The zero-order valence-electron chi connectivity index (χ0n) is 9.15. The summed E-state index contributed by atoms with van der Waals surface area (Å²) in [5, 5.41) is 0. The lowest BCUT2D eigenvalue weighted by atomic mass is 10.5. The third kappa shape index (κ3) is 2.98. The summed E-state index contributed by atoms with van der Waals surface area (Å²) in [4.78, 5) is 0. The first kappa shape index (κ1) is 11.5. The topological polar surface area (TPSA) is 9.23 Å². The second-order valence-corrected chi connectivity index (χ2v) is 8.85. The summed E-state index contributed by atoms with van der Waals surface area (Å²) in [5.74, 6) is 6.50. The number of hydrogen-bond donors (Lipinski definition) is 0. The fraction of sp³-hybridized carbons (Fsp3) is 0.250. The summed E-state index contributed by atoms with van der Waals surface area (Å²) >= 11 is -2.47. The zero-order valence-corrected chi connectivity index (χ0v) is 11.5. The molecule has 0 saturated heterocycles. The Kier molecular flexibility index (Phi) is 4.09. The predicted molar refractivity (Wildman–Crippen MR) is 67.5 cm³/mol. The van der Waals surface area contributed by atoms with Crippen LogP contribution in [0.15, 0.2) is 45.3 Å². The largest absolute Gasteiger partial charge is 0.630 e. The monoisotopic (exact) mass is 229 g/mol. The maximum absolute atomic E-state index is 6.17. The van der Waals surface area contributed by atoms with Gasteiger partial charge in [0.2, 0.25) is 0 Å². The van der Waals surface area contributed by atoms with Crippen molar-refractivity contribution in [3.63, 3.8) is 0 Å². The molecule has 0 bridgehead atoms. The van der Waals surface area contributed by atoms with Crippen LogP contribution >= 0.6 is 0 Å². The molecule has 0 aromatic rings. The Morgan fingerprint density at radius 3 is 2.27 bits per heavy atom. The lowest BCUT2D eigenvalue weighted by Crippen LogP contribution is -2.28. The second-order valence-electron chi connectivity index (χ2n) is 4.01. The normalized spacial score (nSPS) is 18.0. The first-order valence-corrected chi connectivity index (χ1v) is 9.54. The van der Waals surface area contributed by atoms with Crippen LogP contribution in [0.25, 0.3) is 0 Å². The molecule has 75 valence electrons. The van der Waals surface area contributed by atoms with E-state index in [1.54, 1.807) is 0 Å². The molecule has 0 saturated carbocycles. The molecule has 0 fully saturated rings. The molecule has 0 spiro atoms. The minimum atomic E-state index is -1.33. The van der Waals surface area contributed by atoms with Crippen molar-refractivity contribution in [3.8, 4) is 0 Å². The molecular formula is C12H15Al2O. The molecular weight excluding hydrogens is 214 g/mol. The van der Waals surface area contributed by atoms with Crippen LogP contribution in [0.1, 0.15) is 12.8 Å². The predicted octanol–water partition coefficient (Wildman–Crippen LogP) is 2.84. The Bertz CT molecular complexity index is 319. The van der Waals surface area contributed by atoms with Gasteiger partial charge in [0, 0.05) is 0 Å². The summed E-state index contributed by atoms with van der Waals surface area (Å²) in [6.07, 6.45) is 15.2. The van der Waals surface area contributed by atoms with Crippen LogP contribution in [0.2, 0.25) is 5.79 Å². The summed E-state index contributed by atoms with van der Waals surface area (Å²) in [5.41, 5.74) is 0. The van der Waals surface area contributed by atoms with Crippen molar-refractivity contribution >= 4 is 29.0 Å². The molecule has 1 nitrogen and oxygen atoms in total. The average Bonchev–Trinajstić information content (AvgIpc) is 2.91. The quantitative estimate of drug-likeness (QED) is 0.673. The Hall–Kier alpha value is -0.0151. The molecule has 0 aromatic heterocycles.